The van der Waals surface area contributed by atoms with Crippen molar-refractivity contribution in [2.45, 2.75) is 18.9 Å². The van der Waals surface area contributed by atoms with Crippen LogP contribution in [0, 0.1) is 6.92 Å². The van der Waals surface area contributed by atoms with E-state index >= 15 is 0 Å². The van der Waals surface area contributed by atoms with Crippen molar-refractivity contribution < 1.29 is 4.74 Å². The van der Waals surface area contributed by atoms with Crippen LogP contribution in [0.3, 0.4) is 0 Å². The van der Waals surface area contributed by atoms with Crippen molar-refractivity contribution in [1.29, 1.82) is 0 Å². The summed E-state index contributed by atoms with van der Waals surface area (Å²) in [6.07, 6.45) is 0.209. The van der Waals surface area contributed by atoms with Crippen LogP contribution in [0.5, 0.6) is 0 Å². The lowest BCUT2D eigenvalue weighted by molar-refractivity contribution is 0.0382. The van der Waals surface area contributed by atoms with Crippen molar-refractivity contribution in [3.05, 3.63) is 57.3 Å². The van der Waals surface area contributed by atoms with E-state index in [9.17, 15) is 0 Å². The molecule has 100 valence electrons. The van der Waals surface area contributed by atoms with Gasteiger partial charge in [-0.3, -0.25) is 0 Å². The highest BCUT2D eigenvalue weighted by atomic mass is 32.1. The molecule has 0 unspecified atom stereocenters. The number of nitrogens with one attached hydrogen (secondary N) is 1. The van der Waals surface area contributed by atoms with Crippen LogP contribution in [0.15, 0.2) is 35.7 Å². The topological polar surface area (TPSA) is 21.3 Å². The fourth-order valence-electron chi connectivity index (χ4n) is 2.83. The molecule has 0 amide bonds. The fraction of sp³-hybridized carbons (Fsp3) is 0.375. The highest BCUT2D eigenvalue weighted by Crippen LogP contribution is 2.41. The summed E-state index contributed by atoms with van der Waals surface area (Å²) >= 11 is 1.81. The lowest BCUT2D eigenvalue weighted by Gasteiger charge is -2.30. The van der Waals surface area contributed by atoms with Gasteiger partial charge < -0.3 is 10.1 Å². The van der Waals surface area contributed by atoms with E-state index in [0.717, 1.165) is 13.2 Å². The predicted octanol–water partition coefficient (Wildman–Crippen LogP) is 3.48. The number of thiophene rings is 1. The molecular weight excluding hydrogens is 254 g/mol. The summed E-state index contributed by atoms with van der Waals surface area (Å²) < 4.78 is 6.07. The first kappa shape index (κ1) is 12.9. The molecule has 1 aliphatic heterocycles. The van der Waals surface area contributed by atoms with Gasteiger partial charge in [0.2, 0.25) is 0 Å². The highest BCUT2D eigenvalue weighted by molar-refractivity contribution is 7.10. The zero-order valence-corrected chi connectivity index (χ0v) is 12.2. The Hall–Kier alpha value is -1.16. The van der Waals surface area contributed by atoms with Gasteiger partial charge in [0.1, 0.15) is 6.10 Å². The molecule has 1 N–H and O–H groups in total. The van der Waals surface area contributed by atoms with E-state index in [1.165, 1.54) is 21.6 Å². The minimum Gasteiger partial charge on any atom is -0.370 e. The second kappa shape index (κ2) is 5.45. The van der Waals surface area contributed by atoms with Crippen LogP contribution >= 0.6 is 11.3 Å². The number of fused-ring (bicyclic) bond motifs is 1. The molecule has 0 saturated heterocycles. The third kappa shape index (κ3) is 2.34. The minimum atomic E-state index is 0.209. The van der Waals surface area contributed by atoms with Crippen LogP contribution < -0.4 is 5.32 Å². The van der Waals surface area contributed by atoms with E-state index in [1.54, 1.807) is 0 Å². The number of aryl methyl sites for hydroxylation is 1. The summed E-state index contributed by atoms with van der Waals surface area (Å²) in [5, 5.41) is 5.40. The van der Waals surface area contributed by atoms with E-state index in [0.29, 0.717) is 5.92 Å². The normalized spacial score (nSPS) is 22.2. The third-order valence-corrected chi connectivity index (χ3v) is 4.84. The first-order chi connectivity index (χ1) is 9.31. The first-order valence-electron chi connectivity index (χ1n) is 6.70. The van der Waals surface area contributed by atoms with Gasteiger partial charge in [0, 0.05) is 17.3 Å². The van der Waals surface area contributed by atoms with Crippen molar-refractivity contribution in [3.63, 3.8) is 0 Å². The number of benzene rings is 1. The van der Waals surface area contributed by atoms with Crippen LogP contribution in [-0.2, 0) is 4.74 Å². The molecule has 0 saturated carbocycles. The van der Waals surface area contributed by atoms with Crippen LogP contribution in [-0.4, -0.2) is 20.2 Å². The molecule has 0 spiro atoms. The Bertz CT molecular complexity index is 563. The van der Waals surface area contributed by atoms with Crippen LogP contribution in [0.4, 0.5) is 0 Å². The van der Waals surface area contributed by atoms with Gasteiger partial charge in [0.05, 0.1) is 6.61 Å². The fourth-order valence-corrected chi connectivity index (χ4v) is 3.84. The predicted molar refractivity (Wildman–Crippen MR) is 80.0 cm³/mol. The maximum Gasteiger partial charge on any atom is 0.104 e. The number of rotatable bonds is 3. The highest BCUT2D eigenvalue weighted by Gasteiger charge is 2.30. The second-order valence-electron chi connectivity index (χ2n) is 5.03. The lowest BCUT2D eigenvalue weighted by atomic mass is 9.87. The van der Waals surface area contributed by atoms with Crippen molar-refractivity contribution in [1.82, 2.24) is 5.32 Å². The summed E-state index contributed by atoms with van der Waals surface area (Å²) in [6.45, 7) is 3.84. The van der Waals surface area contributed by atoms with Crippen molar-refractivity contribution in [3.8, 4) is 0 Å². The Labute approximate surface area is 118 Å². The quantitative estimate of drug-likeness (QED) is 0.924. The molecule has 0 radical (unpaired) electrons. The SMILES string of the molecule is CNC[C@@H]1OC[C@H](c2ccccc2C)c2ccsc21. The Morgan fingerprint density at radius 3 is 2.89 bits per heavy atom. The summed E-state index contributed by atoms with van der Waals surface area (Å²) in [5.74, 6) is 0.385. The average Bonchev–Trinajstić information content (AvgIpc) is 2.90. The standard InChI is InChI=1S/C16H19NOS/c1-11-5-3-4-6-12(11)14-10-18-15(9-17-2)16-13(14)7-8-19-16/h3-8,14-15,17H,9-10H2,1-2H3/t14-,15+/m1/s1. The molecule has 2 atom stereocenters. The van der Waals surface area contributed by atoms with Gasteiger partial charge in [-0.05, 0) is 42.1 Å². The van der Waals surface area contributed by atoms with E-state index in [-0.39, 0.29) is 6.10 Å². The monoisotopic (exact) mass is 273 g/mol. The zero-order valence-electron chi connectivity index (χ0n) is 11.3. The molecule has 2 aromatic rings. The van der Waals surface area contributed by atoms with Crippen molar-refractivity contribution in [2.24, 2.45) is 0 Å². The molecule has 3 rings (SSSR count). The molecule has 1 aromatic carbocycles. The van der Waals surface area contributed by atoms with E-state index in [4.69, 9.17) is 4.74 Å². The minimum absolute atomic E-state index is 0.209. The van der Waals surface area contributed by atoms with Gasteiger partial charge in [-0.15, -0.1) is 11.3 Å². The number of ether oxygens (including phenoxy) is 1. The van der Waals surface area contributed by atoms with Gasteiger partial charge in [-0.1, -0.05) is 24.3 Å². The summed E-state index contributed by atoms with van der Waals surface area (Å²) in [4.78, 5) is 1.38. The zero-order chi connectivity index (χ0) is 13.2. The first-order valence-corrected chi connectivity index (χ1v) is 7.58. The van der Waals surface area contributed by atoms with Crippen molar-refractivity contribution >= 4 is 11.3 Å². The molecule has 2 nitrogen and oxygen atoms in total. The molecule has 2 heterocycles. The Morgan fingerprint density at radius 2 is 2.11 bits per heavy atom. The Balaban J connectivity index is 1.98. The van der Waals surface area contributed by atoms with E-state index in [2.05, 4.69) is 48.0 Å². The maximum atomic E-state index is 6.07. The number of hydrogen-bond acceptors (Lipinski definition) is 3. The Kier molecular flexibility index (Phi) is 3.69. The summed E-state index contributed by atoms with van der Waals surface area (Å²) in [7, 11) is 1.98. The molecule has 0 fully saturated rings. The molecule has 1 aromatic heterocycles. The maximum absolute atomic E-state index is 6.07. The molecule has 0 bridgehead atoms. The molecule has 19 heavy (non-hydrogen) atoms. The van der Waals surface area contributed by atoms with Gasteiger partial charge >= 0.3 is 0 Å². The van der Waals surface area contributed by atoms with Gasteiger partial charge in [0.25, 0.3) is 0 Å². The van der Waals surface area contributed by atoms with Gasteiger partial charge in [-0.25, -0.2) is 0 Å². The Morgan fingerprint density at radius 1 is 1.26 bits per heavy atom. The van der Waals surface area contributed by atoms with E-state index < -0.39 is 0 Å². The third-order valence-electron chi connectivity index (χ3n) is 3.81. The number of hydrogen-bond donors (Lipinski definition) is 1. The smallest absolute Gasteiger partial charge is 0.104 e. The molecule has 1 aliphatic rings. The van der Waals surface area contributed by atoms with Gasteiger partial charge in [-0.2, -0.15) is 0 Å². The van der Waals surface area contributed by atoms with Crippen molar-refractivity contribution in [2.75, 3.05) is 20.2 Å². The van der Waals surface area contributed by atoms with Gasteiger partial charge in [0.15, 0.2) is 0 Å². The van der Waals surface area contributed by atoms with Crippen LogP contribution in [0.25, 0.3) is 0 Å². The largest absolute Gasteiger partial charge is 0.370 e. The second-order valence-corrected chi connectivity index (χ2v) is 5.98. The average molecular weight is 273 g/mol. The van der Waals surface area contributed by atoms with Crippen LogP contribution in [0.2, 0.25) is 0 Å². The molecular formula is C16H19NOS. The van der Waals surface area contributed by atoms with E-state index in [1.807, 2.05) is 18.4 Å². The summed E-state index contributed by atoms with van der Waals surface area (Å²) in [5.41, 5.74) is 4.19. The summed E-state index contributed by atoms with van der Waals surface area (Å²) in [6, 6.07) is 10.9. The molecule has 3 heteroatoms. The van der Waals surface area contributed by atoms with Crippen LogP contribution in [0.1, 0.15) is 33.6 Å². The number of likely N-dealkylation sites (N-methyl/N-ethyl adjacent to an activating group) is 1. The molecule has 0 aliphatic carbocycles. The lowest BCUT2D eigenvalue weighted by Crippen LogP contribution is -2.27.